The van der Waals surface area contributed by atoms with E-state index >= 15 is 9.59 Å². The minimum atomic E-state index is -1.68. The van der Waals surface area contributed by atoms with Gasteiger partial charge in [-0.05, 0) is 68.2 Å². The van der Waals surface area contributed by atoms with Gasteiger partial charge in [0.25, 0.3) is 0 Å². The number of aromatic hydroxyl groups is 3. The van der Waals surface area contributed by atoms with Crippen LogP contribution in [0.1, 0.15) is 68.6 Å². The van der Waals surface area contributed by atoms with E-state index in [0.29, 0.717) is 24.0 Å². The molecule has 0 radical (unpaired) electrons. The average Bonchev–Trinajstić information content (AvgIpc) is 3.48. The highest BCUT2D eigenvalue weighted by Gasteiger charge is 2.80. The highest BCUT2D eigenvalue weighted by Crippen LogP contribution is 2.70. The third-order valence-corrected chi connectivity index (χ3v) is 13.7. The summed E-state index contributed by atoms with van der Waals surface area (Å²) < 4.78 is 13.0. The molecule has 2 aromatic carbocycles. The molecule has 2 aliphatic carbocycles. The standard InChI is InChI=1S/C41H44N2O9/c1-16-9-8-11-22-38-40(5,52-38)19(4)29-24(14-20-15-42-23-12-7-6-10-21(20)23)43-39(50)41(22,29)37(49)28-27(32(46)30(44)17(2)13-16)36-26-25(35(28)51-36)18(3)31(45)34(48)33(26)47/h6-8,10-13,15-16,19,22,24,27-30,35-36,38,42,44-45,47-48H,9,14H2,1-5H3,(H,43,50)/b11-8+,17-13-/t16?,19-,22-,24-,27?,28?,29-,30?,35?,36?,38?,40+,41+/m0/s1. The summed E-state index contributed by atoms with van der Waals surface area (Å²) in [5.74, 6) is -7.59. The summed E-state index contributed by atoms with van der Waals surface area (Å²) >= 11 is 0. The first kappa shape index (κ1) is 33.4. The van der Waals surface area contributed by atoms with E-state index < -0.39 is 99.9 Å². The van der Waals surface area contributed by atoms with Crippen molar-refractivity contribution in [2.75, 3.05) is 0 Å². The minimum Gasteiger partial charge on any atom is -0.504 e. The summed E-state index contributed by atoms with van der Waals surface area (Å²) in [4.78, 5) is 49.0. The van der Waals surface area contributed by atoms with E-state index in [2.05, 4.69) is 10.3 Å². The molecule has 1 amide bonds. The predicted octanol–water partition coefficient (Wildman–Crippen LogP) is 4.76. The molecule has 7 unspecified atom stereocenters. The highest BCUT2D eigenvalue weighted by atomic mass is 16.6. The lowest BCUT2D eigenvalue weighted by Gasteiger charge is -2.48. The van der Waals surface area contributed by atoms with Crippen LogP contribution < -0.4 is 5.32 Å². The molecule has 13 atom stereocenters. The number of phenols is 3. The summed E-state index contributed by atoms with van der Waals surface area (Å²) in [6.45, 7) is 9.30. The zero-order chi connectivity index (χ0) is 36.8. The van der Waals surface area contributed by atoms with Crippen LogP contribution in [0, 0.1) is 47.8 Å². The average molecular weight is 709 g/mol. The topological polar surface area (TPSA) is 182 Å². The number of aromatic nitrogens is 1. The second-order valence-electron chi connectivity index (χ2n) is 16.3. The monoisotopic (exact) mass is 708 g/mol. The number of ether oxygens (including phenoxy) is 2. The number of amides is 1. The van der Waals surface area contributed by atoms with Crippen LogP contribution in [0.15, 0.2) is 54.3 Å². The molecule has 4 aliphatic heterocycles. The number of nitrogens with one attached hydrogen (secondary N) is 2. The number of Topliss-reactive ketones (excluding diaryl/α,β-unsaturated/α-hetero) is 2. The van der Waals surface area contributed by atoms with Gasteiger partial charge in [0.2, 0.25) is 11.7 Å². The largest absolute Gasteiger partial charge is 0.504 e. The van der Waals surface area contributed by atoms with Crippen molar-refractivity contribution in [3.05, 3.63) is 76.5 Å². The Morgan fingerprint density at radius 2 is 1.69 bits per heavy atom. The molecular weight excluding hydrogens is 664 g/mol. The van der Waals surface area contributed by atoms with Gasteiger partial charge in [0.05, 0.1) is 35.7 Å². The van der Waals surface area contributed by atoms with Gasteiger partial charge in [0, 0.05) is 46.1 Å². The van der Waals surface area contributed by atoms with Crippen LogP contribution in [0.25, 0.3) is 10.9 Å². The van der Waals surface area contributed by atoms with E-state index in [1.807, 2.05) is 69.5 Å². The lowest BCUT2D eigenvalue weighted by Crippen LogP contribution is -2.61. The quantitative estimate of drug-likeness (QED) is 0.0947. The van der Waals surface area contributed by atoms with Crippen LogP contribution in [0.4, 0.5) is 0 Å². The zero-order valence-corrected chi connectivity index (χ0v) is 29.7. The number of epoxide rings is 1. The van der Waals surface area contributed by atoms with Crippen LogP contribution in [0.3, 0.4) is 0 Å². The Morgan fingerprint density at radius 3 is 2.46 bits per heavy atom. The number of aliphatic hydroxyl groups excluding tert-OH is 1. The lowest BCUT2D eigenvalue weighted by atomic mass is 9.49. The number of H-pyrrole nitrogens is 1. The predicted molar refractivity (Wildman–Crippen MR) is 188 cm³/mol. The number of para-hydroxylation sites is 1. The van der Waals surface area contributed by atoms with Gasteiger partial charge in [-0.15, -0.1) is 0 Å². The van der Waals surface area contributed by atoms with Gasteiger partial charge in [0.1, 0.15) is 11.5 Å². The van der Waals surface area contributed by atoms with Crippen molar-refractivity contribution in [1.29, 1.82) is 0 Å². The molecule has 272 valence electrons. The Kier molecular flexibility index (Phi) is 7.09. The molecule has 1 saturated carbocycles. The third-order valence-electron chi connectivity index (χ3n) is 13.7. The van der Waals surface area contributed by atoms with Crippen molar-refractivity contribution in [1.82, 2.24) is 10.3 Å². The van der Waals surface area contributed by atoms with Gasteiger partial charge >= 0.3 is 0 Å². The fourth-order valence-electron chi connectivity index (χ4n) is 11.1. The van der Waals surface area contributed by atoms with Crippen LogP contribution in [-0.2, 0) is 30.3 Å². The van der Waals surface area contributed by atoms with Crippen LogP contribution in [0.5, 0.6) is 17.2 Å². The maximum Gasteiger partial charge on any atom is 0.235 e. The molecule has 6 N–H and O–H groups in total. The number of hydrogen-bond donors (Lipinski definition) is 6. The van der Waals surface area contributed by atoms with E-state index in [1.54, 1.807) is 13.8 Å². The van der Waals surface area contributed by atoms with E-state index in [4.69, 9.17) is 9.47 Å². The first-order chi connectivity index (χ1) is 24.7. The maximum absolute atomic E-state index is 16.0. The molecule has 11 nitrogen and oxygen atoms in total. The molecule has 4 fully saturated rings. The number of allylic oxidation sites excluding steroid dienone is 2. The maximum atomic E-state index is 16.0. The molecule has 1 aromatic heterocycles. The first-order valence-electron chi connectivity index (χ1n) is 18.3. The van der Waals surface area contributed by atoms with Crippen molar-refractivity contribution in [2.45, 2.75) is 83.5 Å². The number of benzene rings is 2. The number of hydrogen-bond acceptors (Lipinski definition) is 9. The van der Waals surface area contributed by atoms with Gasteiger partial charge < -0.3 is 40.2 Å². The van der Waals surface area contributed by atoms with Crippen molar-refractivity contribution in [3.8, 4) is 17.2 Å². The van der Waals surface area contributed by atoms with Crippen LogP contribution >= 0.6 is 0 Å². The number of carbonyl (C=O) groups is 3. The first-order valence-corrected chi connectivity index (χ1v) is 18.3. The fourth-order valence-corrected chi connectivity index (χ4v) is 11.1. The number of aromatic amines is 1. The van der Waals surface area contributed by atoms with E-state index in [1.165, 1.54) is 0 Å². The summed E-state index contributed by atoms with van der Waals surface area (Å²) in [7, 11) is 0. The second-order valence-corrected chi connectivity index (χ2v) is 16.3. The summed E-state index contributed by atoms with van der Waals surface area (Å²) in [5.41, 5.74) is 0.746. The Balaban J connectivity index is 1.26. The number of carbonyl (C=O) groups excluding carboxylic acids is 3. The lowest BCUT2D eigenvalue weighted by molar-refractivity contribution is -0.155. The van der Waals surface area contributed by atoms with Gasteiger partial charge in [-0.1, -0.05) is 50.3 Å². The Hall–Kier alpha value is -4.45. The van der Waals surface area contributed by atoms with E-state index in [-0.39, 0.29) is 23.0 Å². The second kappa shape index (κ2) is 11.0. The number of fused-ring (bicyclic) bond motifs is 11. The molecule has 9 rings (SSSR count). The van der Waals surface area contributed by atoms with Gasteiger partial charge in [-0.25, -0.2) is 0 Å². The van der Waals surface area contributed by atoms with Crippen molar-refractivity contribution in [3.63, 3.8) is 0 Å². The molecule has 6 aliphatic rings. The highest BCUT2D eigenvalue weighted by molar-refractivity contribution is 6.12. The summed E-state index contributed by atoms with van der Waals surface area (Å²) in [5, 5.41) is 48.5. The Bertz CT molecular complexity index is 2150. The van der Waals surface area contributed by atoms with Gasteiger partial charge in [-0.2, -0.15) is 0 Å². The fraction of sp³-hybridized carbons (Fsp3) is 0.488. The molecule has 1 spiro atoms. The number of phenolic OH excluding ortho intramolecular Hbond substituents is 3. The Labute approximate surface area is 300 Å². The van der Waals surface area contributed by atoms with Crippen molar-refractivity contribution >= 4 is 28.4 Å². The molecule has 5 heterocycles. The smallest absolute Gasteiger partial charge is 0.235 e. The molecule has 2 bridgehead atoms. The van der Waals surface area contributed by atoms with E-state index in [9.17, 15) is 25.2 Å². The molecule has 11 heteroatoms. The Morgan fingerprint density at radius 1 is 0.962 bits per heavy atom. The number of aliphatic hydroxyl groups is 1. The number of rotatable bonds is 2. The van der Waals surface area contributed by atoms with Crippen LogP contribution in [-0.4, -0.2) is 66.7 Å². The normalized spacial score (nSPS) is 42.1. The van der Waals surface area contributed by atoms with Gasteiger partial charge in [-0.3, -0.25) is 14.4 Å². The van der Waals surface area contributed by atoms with Crippen LogP contribution in [0.2, 0.25) is 0 Å². The van der Waals surface area contributed by atoms with Crippen molar-refractivity contribution in [2.24, 2.45) is 40.9 Å². The molecule has 3 saturated heterocycles. The minimum absolute atomic E-state index is 0.0811. The zero-order valence-electron chi connectivity index (χ0n) is 29.7. The number of ketones is 2. The summed E-state index contributed by atoms with van der Waals surface area (Å²) in [6, 6.07) is 7.49. The van der Waals surface area contributed by atoms with E-state index in [0.717, 1.165) is 16.5 Å². The van der Waals surface area contributed by atoms with Gasteiger partial charge in [0.15, 0.2) is 23.1 Å². The van der Waals surface area contributed by atoms with Crippen molar-refractivity contribution < 1.29 is 44.3 Å². The third kappa shape index (κ3) is 4.10. The molecular formula is C41H44N2O9. The molecule has 3 aromatic rings. The SMILES string of the molecule is C/C1=C/C(C)C/C=C/[C@H]2C3O[C@]3(C)[C@@H](C)[C@H]3[C@H](Cc4c[nH]c5ccccc45)NC(=O)[C@@]32C(=O)C2C3OC(c4c(O)c(O)c(O)c(C)c43)C2C(=O)C1O. The molecule has 52 heavy (non-hydrogen) atoms. The summed E-state index contributed by atoms with van der Waals surface area (Å²) in [6.07, 6.45) is 4.37.